The molecule has 190 valence electrons. The van der Waals surface area contributed by atoms with Crippen molar-refractivity contribution in [3.05, 3.63) is 76.7 Å². The van der Waals surface area contributed by atoms with Crippen LogP contribution in [-0.4, -0.2) is 39.7 Å². The lowest BCUT2D eigenvalue weighted by atomic mass is 10.1. The van der Waals surface area contributed by atoms with Gasteiger partial charge < -0.3 is 19.8 Å². The number of carbonyl (C=O) groups is 1. The fourth-order valence-electron chi connectivity index (χ4n) is 3.96. The number of aromatic nitrogens is 4. The Kier molecular flexibility index (Phi) is 6.16. The number of methoxy groups -OCH3 is 2. The fraction of sp³-hybridized carbons (Fsp3) is 0.160. The van der Waals surface area contributed by atoms with E-state index in [1.165, 1.54) is 26.4 Å². The molecule has 0 unspecified atom stereocenters. The number of aromatic amines is 1. The van der Waals surface area contributed by atoms with Crippen LogP contribution in [0.1, 0.15) is 21.9 Å². The Bertz CT molecular complexity index is 1640. The molecule has 0 aliphatic carbocycles. The van der Waals surface area contributed by atoms with Crippen LogP contribution in [0.25, 0.3) is 27.8 Å². The molecule has 0 aliphatic rings. The van der Waals surface area contributed by atoms with Crippen molar-refractivity contribution >= 4 is 34.1 Å². The van der Waals surface area contributed by atoms with Crippen LogP contribution < -0.4 is 14.8 Å². The summed E-state index contributed by atoms with van der Waals surface area (Å²) in [7, 11) is 2.88. The van der Waals surface area contributed by atoms with Gasteiger partial charge in [0, 0.05) is 33.2 Å². The first kappa shape index (κ1) is 24.4. The normalized spacial score (nSPS) is 11.7. The first-order valence-corrected chi connectivity index (χ1v) is 11.3. The van der Waals surface area contributed by atoms with Gasteiger partial charge in [-0.15, -0.1) is 0 Å². The van der Waals surface area contributed by atoms with Gasteiger partial charge in [-0.1, -0.05) is 11.6 Å². The second-order valence-corrected chi connectivity index (χ2v) is 8.54. The Hall–Kier alpha value is -4.25. The number of ether oxygens (including phenoxy) is 2. The molecule has 5 rings (SSSR count). The van der Waals surface area contributed by atoms with Crippen LogP contribution in [0.15, 0.2) is 54.6 Å². The zero-order chi connectivity index (χ0) is 26.3. The molecule has 37 heavy (non-hydrogen) atoms. The fourth-order valence-corrected chi connectivity index (χ4v) is 4.14. The van der Waals surface area contributed by atoms with Crippen molar-refractivity contribution in [2.24, 2.45) is 0 Å². The van der Waals surface area contributed by atoms with Gasteiger partial charge in [0.1, 0.15) is 0 Å². The Morgan fingerprint density at radius 3 is 2.57 bits per heavy atom. The molecular formula is C25H19ClF3N5O3. The summed E-state index contributed by atoms with van der Waals surface area (Å²) in [5, 5.41) is 8.00. The van der Waals surface area contributed by atoms with Gasteiger partial charge in [0.15, 0.2) is 28.5 Å². The molecule has 2 N–H and O–H groups in total. The van der Waals surface area contributed by atoms with Gasteiger partial charge in [0.2, 0.25) is 0 Å². The van der Waals surface area contributed by atoms with E-state index >= 15 is 0 Å². The zero-order valence-electron chi connectivity index (χ0n) is 19.5. The molecule has 8 nitrogen and oxygen atoms in total. The number of halogens is 4. The van der Waals surface area contributed by atoms with Crippen LogP contribution in [0.5, 0.6) is 11.5 Å². The summed E-state index contributed by atoms with van der Waals surface area (Å²) >= 11 is 6.01. The van der Waals surface area contributed by atoms with Gasteiger partial charge in [-0.05, 0) is 48.5 Å². The number of alkyl halides is 3. The Balaban J connectivity index is 1.47. The van der Waals surface area contributed by atoms with Gasteiger partial charge in [0.05, 0.1) is 26.5 Å². The molecule has 0 saturated heterocycles. The van der Waals surface area contributed by atoms with E-state index in [-0.39, 0.29) is 23.6 Å². The summed E-state index contributed by atoms with van der Waals surface area (Å²) < 4.78 is 52.9. The minimum absolute atomic E-state index is 0.0318. The molecule has 0 bridgehead atoms. The molecule has 2 aromatic carbocycles. The Morgan fingerprint density at radius 1 is 1.05 bits per heavy atom. The van der Waals surface area contributed by atoms with Crippen LogP contribution in [0.3, 0.4) is 0 Å². The number of H-pyrrole nitrogens is 1. The van der Waals surface area contributed by atoms with Crippen molar-refractivity contribution < 1.29 is 27.4 Å². The number of carbonyl (C=O) groups excluding carboxylic acids is 1. The van der Waals surface area contributed by atoms with E-state index in [0.717, 1.165) is 17.0 Å². The van der Waals surface area contributed by atoms with Crippen LogP contribution in [-0.2, 0) is 12.7 Å². The van der Waals surface area contributed by atoms with Crippen molar-refractivity contribution in [3.63, 3.8) is 0 Å². The number of amides is 1. The largest absolute Gasteiger partial charge is 0.493 e. The zero-order valence-corrected chi connectivity index (χ0v) is 20.2. The average molecular weight is 530 g/mol. The van der Waals surface area contributed by atoms with Gasteiger partial charge in [-0.3, -0.25) is 4.79 Å². The lowest BCUT2D eigenvalue weighted by molar-refractivity contribution is -0.142. The summed E-state index contributed by atoms with van der Waals surface area (Å²) in [5.74, 6) is 0.107. The van der Waals surface area contributed by atoms with E-state index in [1.807, 2.05) is 12.1 Å². The van der Waals surface area contributed by atoms with Crippen molar-refractivity contribution in [3.8, 4) is 22.8 Å². The minimum Gasteiger partial charge on any atom is -0.493 e. The van der Waals surface area contributed by atoms with Gasteiger partial charge in [-0.25, -0.2) is 9.50 Å². The summed E-state index contributed by atoms with van der Waals surface area (Å²) in [6.07, 6.45) is -4.75. The third-order valence-corrected chi connectivity index (χ3v) is 5.94. The molecular weight excluding hydrogens is 511 g/mol. The number of hydrogen-bond acceptors (Lipinski definition) is 5. The predicted molar refractivity (Wildman–Crippen MR) is 131 cm³/mol. The van der Waals surface area contributed by atoms with Crippen LogP contribution >= 0.6 is 11.6 Å². The van der Waals surface area contributed by atoms with Crippen LogP contribution in [0.4, 0.5) is 13.2 Å². The first-order chi connectivity index (χ1) is 17.7. The summed E-state index contributed by atoms with van der Waals surface area (Å²) in [6.45, 7) is 0.107. The molecule has 3 aromatic heterocycles. The summed E-state index contributed by atoms with van der Waals surface area (Å²) in [5.41, 5.74) is 0.518. The number of fused-ring (bicyclic) bond motifs is 2. The molecule has 0 aliphatic heterocycles. The Labute approximate surface area is 213 Å². The van der Waals surface area contributed by atoms with Crippen molar-refractivity contribution in [1.29, 1.82) is 0 Å². The van der Waals surface area contributed by atoms with Crippen molar-refractivity contribution in [2.45, 2.75) is 12.7 Å². The third-order valence-electron chi connectivity index (χ3n) is 5.71. The lowest BCUT2D eigenvalue weighted by Crippen LogP contribution is -2.23. The highest BCUT2D eigenvalue weighted by Crippen LogP contribution is 2.35. The number of rotatable bonds is 6. The molecule has 0 saturated carbocycles. The van der Waals surface area contributed by atoms with Crippen LogP contribution in [0, 0.1) is 0 Å². The highest BCUT2D eigenvalue weighted by atomic mass is 35.5. The number of benzene rings is 2. The predicted octanol–water partition coefficient (Wildman–Crippen LogP) is 5.50. The maximum atomic E-state index is 13.9. The first-order valence-electron chi connectivity index (χ1n) is 10.9. The van der Waals surface area contributed by atoms with E-state index < -0.39 is 17.8 Å². The number of nitrogens with zero attached hydrogens (tertiary/aromatic N) is 3. The highest BCUT2D eigenvalue weighted by Gasteiger charge is 2.35. The van der Waals surface area contributed by atoms with E-state index in [0.29, 0.717) is 32.3 Å². The van der Waals surface area contributed by atoms with Gasteiger partial charge in [0.25, 0.3) is 5.91 Å². The third kappa shape index (κ3) is 4.77. The topological polar surface area (TPSA) is 93.5 Å². The number of nitrogens with one attached hydrogen (secondary N) is 2. The molecule has 0 fully saturated rings. The van der Waals surface area contributed by atoms with Gasteiger partial charge in [-0.2, -0.15) is 18.3 Å². The Morgan fingerprint density at radius 2 is 1.84 bits per heavy atom. The SMILES string of the molecule is COc1ccc(-c2cc(C(F)(F)F)n3nc(C(=O)NCc4cc5cc(Cl)ccc5[nH]4)cc3n2)cc1OC. The molecule has 5 aromatic rings. The number of hydrogen-bond donors (Lipinski definition) is 2. The second kappa shape index (κ2) is 9.32. The molecule has 12 heteroatoms. The van der Waals surface area contributed by atoms with Crippen molar-refractivity contribution in [1.82, 2.24) is 24.9 Å². The maximum Gasteiger partial charge on any atom is 0.433 e. The van der Waals surface area contributed by atoms with Crippen molar-refractivity contribution in [2.75, 3.05) is 14.2 Å². The molecule has 0 radical (unpaired) electrons. The molecule has 1 amide bonds. The van der Waals surface area contributed by atoms with Crippen LogP contribution in [0.2, 0.25) is 5.02 Å². The molecule has 0 spiro atoms. The van der Waals surface area contributed by atoms with E-state index in [4.69, 9.17) is 21.1 Å². The summed E-state index contributed by atoms with van der Waals surface area (Å²) in [4.78, 5) is 20.2. The standard InChI is InChI=1S/C25H19ClF3N5O3/c1-36-20-6-3-13(9-21(20)37-2)18-10-22(25(27,28)29)34-23(32-18)11-19(33-34)24(35)30-12-16-8-14-7-15(26)4-5-17(14)31-16/h3-11,31H,12H2,1-2H3,(H,30,35). The van der Waals surface area contributed by atoms with Gasteiger partial charge >= 0.3 is 6.18 Å². The maximum absolute atomic E-state index is 13.9. The highest BCUT2D eigenvalue weighted by molar-refractivity contribution is 6.31. The van der Waals surface area contributed by atoms with E-state index in [1.54, 1.807) is 24.3 Å². The monoisotopic (exact) mass is 529 g/mol. The quantitative estimate of drug-likeness (QED) is 0.303. The van der Waals surface area contributed by atoms with E-state index in [9.17, 15) is 18.0 Å². The molecule has 3 heterocycles. The molecule has 0 atom stereocenters. The average Bonchev–Trinajstić information content (AvgIpc) is 3.49. The second-order valence-electron chi connectivity index (χ2n) is 8.10. The smallest absolute Gasteiger partial charge is 0.433 e. The summed E-state index contributed by atoms with van der Waals surface area (Å²) in [6, 6.07) is 13.9. The van der Waals surface area contributed by atoms with E-state index in [2.05, 4.69) is 20.4 Å². The lowest BCUT2D eigenvalue weighted by Gasteiger charge is -2.12. The minimum atomic E-state index is -4.75.